The second-order valence-electron chi connectivity index (χ2n) is 5.89. The van der Waals surface area contributed by atoms with Crippen molar-refractivity contribution in [2.24, 2.45) is 0 Å². The molecule has 0 aromatic heterocycles. The van der Waals surface area contributed by atoms with Crippen LogP contribution in [0.3, 0.4) is 0 Å². The first-order valence-electron chi connectivity index (χ1n) is 7.90. The van der Waals surface area contributed by atoms with Gasteiger partial charge in [0, 0.05) is 6.54 Å². The van der Waals surface area contributed by atoms with Crippen LogP contribution in [0.4, 0.5) is 4.39 Å². The highest BCUT2D eigenvalue weighted by molar-refractivity contribution is 6.61. The third-order valence-corrected chi connectivity index (χ3v) is 4.27. The summed E-state index contributed by atoms with van der Waals surface area (Å²) in [5.41, 5.74) is 1.86. The van der Waals surface area contributed by atoms with Crippen LogP contribution in [0.5, 0.6) is 11.5 Å². The molecular formula is C17H15BFNO5. The summed E-state index contributed by atoms with van der Waals surface area (Å²) in [6.07, 6.45) is 0.570. The molecule has 2 heterocycles. The molecule has 0 fully saturated rings. The smallest absolute Gasteiger partial charge is 0.454 e. The number of nitrogens with one attached hydrogen (secondary N) is 1. The van der Waals surface area contributed by atoms with E-state index in [-0.39, 0.29) is 19.0 Å². The van der Waals surface area contributed by atoms with Crippen LogP contribution in [0, 0.1) is 5.82 Å². The number of hydrogen-bond acceptors (Lipinski definition) is 5. The molecular weight excluding hydrogens is 328 g/mol. The normalized spacial score (nSPS) is 14.6. The van der Waals surface area contributed by atoms with Gasteiger partial charge < -0.3 is 24.5 Å². The monoisotopic (exact) mass is 343 g/mol. The second-order valence-corrected chi connectivity index (χ2v) is 5.89. The zero-order valence-corrected chi connectivity index (χ0v) is 13.3. The minimum Gasteiger partial charge on any atom is -0.454 e. The molecule has 2 aromatic rings. The fraction of sp³-hybridized carbons (Fsp3) is 0.235. The Labute approximate surface area is 143 Å². The van der Waals surface area contributed by atoms with E-state index in [9.17, 15) is 14.2 Å². The summed E-state index contributed by atoms with van der Waals surface area (Å²) in [7, 11) is -1.12. The van der Waals surface area contributed by atoms with Crippen LogP contribution in [0.1, 0.15) is 21.5 Å². The Morgan fingerprint density at radius 1 is 1.24 bits per heavy atom. The average Bonchev–Trinajstić information content (AvgIpc) is 3.20. The van der Waals surface area contributed by atoms with E-state index in [1.807, 2.05) is 18.2 Å². The molecule has 0 saturated heterocycles. The van der Waals surface area contributed by atoms with Gasteiger partial charge in [0.05, 0.1) is 12.2 Å². The van der Waals surface area contributed by atoms with E-state index >= 15 is 0 Å². The Balaban J connectivity index is 1.40. The fourth-order valence-corrected chi connectivity index (χ4v) is 2.93. The number of carbonyl (C=O) groups is 1. The molecule has 0 bridgehead atoms. The van der Waals surface area contributed by atoms with Gasteiger partial charge in [-0.3, -0.25) is 4.79 Å². The van der Waals surface area contributed by atoms with Crippen molar-refractivity contribution in [3.05, 3.63) is 52.8 Å². The molecule has 25 heavy (non-hydrogen) atoms. The van der Waals surface area contributed by atoms with Gasteiger partial charge in [0.2, 0.25) is 6.79 Å². The van der Waals surface area contributed by atoms with Gasteiger partial charge in [-0.1, -0.05) is 6.07 Å². The summed E-state index contributed by atoms with van der Waals surface area (Å²) in [6.45, 7) is 0.691. The first kappa shape index (κ1) is 15.9. The number of amides is 1. The molecule has 0 saturated carbocycles. The molecule has 1 amide bonds. The Morgan fingerprint density at radius 3 is 2.96 bits per heavy atom. The third kappa shape index (κ3) is 3.06. The van der Waals surface area contributed by atoms with E-state index < -0.39 is 18.8 Å². The third-order valence-electron chi connectivity index (χ3n) is 4.27. The van der Waals surface area contributed by atoms with Crippen LogP contribution in [0.15, 0.2) is 30.3 Å². The van der Waals surface area contributed by atoms with Crippen molar-refractivity contribution < 1.29 is 28.3 Å². The maximum atomic E-state index is 14.1. The molecule has 0 aliphatic carbocycles. The molecule has 0 spiro atoms. The summed E-state index contributed by atoms with van der Waals surface area (Å²) in [5.74, 6) is 0.230. The molecule has 2 aliphatic heterocycles. The van der Waals surface area contributed by atoms with Crippen LogP contribution in [-0.2, 0) is 17.7 Å². The largest absolute Gasteiger partial charge is 0.491 e. The standard InChI is InChI=1S/C17H15BFNO5/c19-14-6-11-8-25-18(22)13(11)7-12(14)17(21)20-4-3-10-1-2-15-16(5-10)24-9-23-15/h1-2,5-7,22H,3-4,8-9H2,(H,20,21). The highest BCUT2D eigenvalue weighted by atomic mass is 19.1. The summed E-state index contributed by atoms with van der Waals surface area (Å²) in [5, 5.41) is 12.4. The van der Waals surface area contributed by atoms with E-state index in [2.05, 4.69) is 5.32 Å². The summed E-state index contributed by atoms with van der Waals surface area (Å²) >= 11 is 0. The van der Waals surface area contributed by atoms with E-state index in [1.165, 1.54) is 12.1 Å². The van der Waals surface area contributed by atoms with Gasteiger partial charge in [-0.15, -0.1) is 0 Å². The van der Waals surface area contributed by atoms with Gasteiger partial charge in [0.15, 0.2) is 11.5 Å². The van der Waals surface area contributed by atoms with Crippen molar-refractivity contribution in [3.63, 3.8) is 0 Å². The van der Waals surface area contributed by atoms with Crippen LogP contribution in [0.2, 0.25) is 0 Å². The number of ether oxygens (including phenoxy) is 2. The molecule has 2 N–H and O–H groups in total. The topological polar surface area (TPSA) is 77.0 Å². The first-order chi connectivity index (χ1) is 12.1. The van der Waals surface area contributed by atoms with Crippen LogP contribution >= 0.6 is 0 Å². The van der Waals surface area contributed by atoms with Crippen LogP contribution < -0.4 is 20.3 Å². The van der Waals surface area contributed by atoms with E-state index in [0.29, 0.717) is 35.5 Å². The van der Waals surface area contributed by atoms with Crippen molar-refractivity contribution in [2.45, 2.75) is 13.0 Å². The maximum absolute atomic E-state index is 14.1. The van der Waals surface area contributed by atoms with Gasteiger partial charge in [-0.05, 0) is 47.3 Å². The van der Waals surface area contributed by atoms with E-state index in [0.717, 1.165) is 5.56 Å². The second kappa shape index (κ2) is 6.38. The lowest BCUT2D eigenvalue weighted by Crippen LogP contribution is -2.32. The number of halogens is 1. The molecule has 4 rings (SSSR count). The molecule has 2 aromatic carbocycles. The van der Waals surface area contributed by atoms with Gasteiger partial charge in [0.1, 0.15) is 5.82 Å². The summed E-state index contributed by atoms with van der Waals surface area (Å²) < 4.78 is 29.7. The minimum atomic E-state index is -1.12. The average molecular weight is 343 g/mol. The number of rotatable bonds is 4. The van der Waals surface area contributed by atoms with Crippen LogP contribution in [0.25, 0.3) is 0 Å². The van der Waals surface area contributed by atoms with Crippen LogP contribution in [-0.4, -0.2) is 31.4 Å². The van der Waals surface area contributed by atoms with Crippen molar-refractivity contribution >= 4 is 18.5 Å². The van der Waals surface area contributed by atoms with Gasteiger partial charge in [-0.25, -0.2) is 4.39 Å². The van der Waals surface area contributed by atoms with Gasteiger partial charge in [0.25, 0.3) is 5.91 Å². The summed E-state index contributed by atoms with van der Waals surface area (Å²) in [4.78, 5) is 12.2. The Hall–Kier alpha value is -2.58. The Bertz CT molecular complexity index is 844. The fourth-order valence-electron chi connectivity index (χ4n) is 2.93. The molecule has 0 unspecified atom stereocenters. The van der Waals surface area contributed by atoms with Crippen molar-refractivity contribution in [1.82, 2.24) is 5.32 Å². The number of carbonyl (C=O) groups excluding carboxylic acids is 1. The number of fused-ring (bicyclic) bond motifs is 2. The van der Waals surface area contributed by atoms with Crippen molar-refractivity contribution in [3.8, 4) is 11.5 Å². The lowest BCUT2D eigenvalue weighted by atomic mass is 9.78. The lowest BCUT2D eigenvalue weighted by molar-refractivity contribution is 0.0950. The minimum absolute atomic E-state index is 0.103. The Morgan fingerprint density at radius 2 is 2.08 bits per heavy atom. The van der Waals surface area contributed by atoms with E-state index in [4.69, 9.17) is 14.1 Å². The molecule has 0 atom stereocenters. The first-order valence-corrected chi connectivity index (χ1v) is 7.90. The quantitative estimate of drug-likeness (QED) is 0.801. The summed E-state index contributed by atoms with van der Waals surface area (Å²) in [6, 6.07) is 8.15. The highest BCUT2D eigenvalue weighted by Crippen LogP contribution is 2.32. The predicted octanol–water partition coefficient (Wildman–Crippen LogP) is 0.745. The molecule has 8 heteroatoms. The maximum Gasteiger partial charge on any atom is 0.491 e. The molecule has 2 aliphatic rings. The zero-order valence-electron chi connectivity index (χ0n) is 13.3. The predicted molar refractivity (Wildman–Crippen MR) is 87.4 cm³/mol. The lowest BCUT2D eigenvalue weighted by Gasteiger charge is -2.09. The number of hydrogen-bond donors (Lipinski definition) is 2. The Kier molecular flexibility index (Phi) is 4.06. The van der Waals surface area contributed by atoms with E-state index in [1.54, 1.807) is 0 Å². The number of benzene rings is 2. The van der Waals surface area contributed by atoms with Gasteiger partial charge in [-0.2, -0.15) is 0 Å². The molecule has 6 nitrogen and oxygen atoms in total. The van der Waals surface area contributed by atoms with Crippen molar-refractivity contribution in [1.29, 1.82) is 0 Å². The molecule has 128 valence electrons. The zero-order chi connectivity index (χ0) is 17.4. The molecule has 0 radical (unpaired) electrons. The SMILES string of the molecule is O=C(NCCc1ccc2c(c1)OCO2)c1cc2c(cc1F)COB2O. The highest BCUT2D eigenvalue weighted by Gasteiger charge is 2.29. The van der Waals surface area contributed by atoms with Crippen molar-refractivity contribution in [2.75, 3.05) is 13.3 Å². The van der Waals surface area contributed by atoms with Gasteiger partial charge >= 0.3 is 7.12 Å².